The molecule has 0 fully saturated rings. The van der Waals surface area contributed by atoms with Crippen molar-refractivity contribution >= 4 is 32.4 Å². The highest BCUT2D eigenvalue weighted by atomic mass is 79.9. The summed E-state index contributed by atoms with van der Waals surface area (Å²) in [7, 11) is -1.41. The molecule has 2 aromatic rings. The van der Waals surface area contributed by atoms with Gasteiger partial charge in [0.2, 0.25) is 0 Å². The Morgan fingerprint density at radius 3 is 2.47 bits per heavy atom. The average molecular weight is 346 g/mol. The topological polar surface area (TPSA) is 43.1 Å². The van der Waals surface area contributed by atoms with Crippen molar-refractivity contribution in [1.82, 2.24) is 0 Å². The lowest BCUT2D eigenvalue weighted by Crippen LogP contribution is -1.99. The summed E-state index contributed by atoms with van der Waals surface area (Å²) in [5.41, 5.74) is 6.07. The fraction of sp³-hybridized carbons (Fsp3) is 0.0769. The lowest BCUT2D eigenvalue weighted by Gasteiger charge is -2.05. The Kier molecular flexibility index (Phi) is 4.31. The van der Waals surface area contributed by atoms with Crippen molar-refractivity contribution in [2.75, 3.05) is 5.73 Å². The highest BCUT2D eigenvalue weighted by Gasteiger charge is 2.09. The van der Waals surface area contributed by atoms with Gasteiger partial charge in [0.15, 0.2) is 0 Å². The Hall–Kier alpha value is -1.27. The molecular weight excluding hydrogens is 336 g/mol. The van der Waals surface area contributed by atoms with Gasteiger partial charge in [-0.3, -0.25) is 4.21 Å². The summed E-state index contributed by atoms with van der Waals surface area (Å²) in [4.78, 5) is 0.354. The normalized spacial score (nSPS) is 12.4. The van der Waals surface area contributed by atoms with Gasteiger partial charge in [-0.05, 0) is 51.8 Å². The molecule has 0 radical (unpaired) electrons. The summed E-state index contributed by atoms with van der Waals surface area (Å²) in [6.07, 6.45) is 0. The van der Waals surface area contributed by atoms with E-state index >= 15 is 0 Å². The van der Waals surface area contributed by atoms with Gasteiger partial charge in [0.1, 0.15) is 11.6 Å². The number of nitrogens with two attached hydrogens (primary N) is 1. The Bertz CT molecular complexity index is 649. The number of rotatable bonds is 3. The number of halogens is 3. The van der Waals surface area contributed by atoms with Crippen LogP contribution in [0.4, 0.5) is 14.5 Å². The molecule has 2 nitrogen and oxygen atoms in total. The quantitative estimate of drug-likeness (QED) is 0.863. The molecule has 100 valence electrons. The summed E-state index contributed by atoms with van der Waals surface area (Å²) in [5, 5.41) is 0. The largest absolute Gasteiger partial charge is 0.396 e. The zero-order chi connectivity index (χ0) is 14.0. The Morgan fingerprint density at radius 2 is 1.84 bits per heavy atom. The fourth-order valence-electron chi connectivity index (χ4n) is 1.51. The first kappa shape index (κ1) is 14.1. The molecule has 2 rings (SSSR count). The van der Waals surface area contributed by atoms with Gasteiger partial charge in [-0.25, -0.2) is 8.78 Å². The Morgan fingerprint density at radius 1 is 1.11 bits per heavy atom. The Balaban J connectivity index is 2.20. The van der Waals surface area contributed by atoms with Crippen LogP contribution in [0.25, 0.3) is 0 Å². The minimum absolute atomic E-state index is 0.0188. The van der Waals surface area contributed by atoms with Crippen LogP contribution in [0, 0.1) is 11.6 Å². The molecule has 0 heterocycles. The zero-order valence-corrected chi connectivity index (χ0v) is 12.1. The van der Waals surface area contributed by atoms with Crippen molar-refractivity contribution < 1.29 is 13.0 Å². The van der Waals surface area contributed by atoms with E-state index in [9.17, 15) is 13.0 Å². The molecule has 1 unspecified atom stereocenters. The first-order valence-corrected chi connectivity index (χ1v) is 7.46. The fourth-order valence-corrected chi connectivity index (χ4v) is 3.04. The monoisotopic (exact) mass is 345 g/mol. The number of nitrogen functional groups attached to an aromatic ring is 1. The third-order valence-electron chi connectivity index (χ3n) is 2.52. The summed E-state index contributed by atoms with van der Waals surface area (Å²) in [5.74, 6) is -0.790. The van der Waals surface area contributed by atoms with Crippen LogP contribution in [-0.2, 0) is 16.6 Å². The predicted molar refractivity (Wildman–Crippen MR) is 75.0 cm³/mol. The van der Waals surface area contributed by atoms with E-state index in [0.29, 0.717) is 14.9 Å². The summed E-state index contributed by atoms with van der Waals surface area (Å²) < 4.78 is 38.7. The van der Waals surface area contributed by atoms with Gasteiger partial charge < -0.3 is 5.73 Å². The summed E-state index contributed by atoms with van der Waals surface area (Å²) in [6.45, 7) is 0. The van der Waals surface area contributed by atoms with E-state index in [0.717, 1.165) is 6.07 Å². The van der Waals surface area contributed by atoms with Gasteiger partial charge in [0.05, 0.1) is 26.7 Å². The predicted octanol–water partition coefficient (Wildman–Crippen LogP) is 3.62. The molecule has 0 bridgehead atoms. The molecule has 0 saturated carbocycles. The van der Waals surface area contributed by atoms with E-state index in [1.54, 1.807) is 12.1 Å². The number of hydrogen-bond acceptors (Lipinski definition) is 2. The molecule has 1 atom stereocenters. The van der Waals surface area contributed by atoms with E-state index < -0.39 is 16.6 Å². The maximum Gasteiger partial charge on any atom is 0.147 e. The third kappa shape index (κ3) is 3.39. The van der Waals surface area contributed by atoms with Gasteiger partial charge in [0.25, 0.3) is 0 Å². The molecule has 0 aromatic heterocycles. The minimum Gasteiger partial charge on any atom is -0.396 e. The van der Waals surface area contributed by atoms with E-state index in [1.165, 1.54) is 18.2 Å². The van der Waals surface area contributed by atoms with Crippen LogP contribution < -0.4 is 5.73 Å². The maximum atomic E-state index is 13.3. The molecule has 6 heteroatoms. The third-order valence-corrected chi connectivity index (χ3v) is 4.50. The second-order valence-electron chi connectivity index (χ2n) is 3.92. The van der Waals surface area contributed by atoms with E-state index in [2.05, 4.69) is 15.9 Å². The molecule has 0 aliphatic heterocycles. The van der Waals surface area contributed by atoms with Crippen molar-refractivity contribution in [3.63, 3.8) is 0 Å². The van der Waals surface area contributed by atoms with Crippen LogP contribution in [0.2, 0.25) is 0 Å². The second-order valence-corrected chi connectivity index (χ2v) is 6.23. The average Bonchev–Trinajstić information content (AvgIpc) is 2.37. The van der Waals surface area contributed by atoms with Crippen LogP contribution >= 0.6 is 15.9 Å². The van der Waals surface area contributed by atoms with E-state index in [-0.39, 0.29) is 17.3 Å². The van der Waals surface area contributed by atoms with Crippen molar-refractivity contribution in [1.29, 1.82) is 0 Å². The lowest BCUT2D eigenvalue weighted by atomic mass is 10.2. The summed E-state index contributed by atoms with van der Waals surface area (Å²) in [6, 6.07) is 8.45. The zero-order valence-electron chi connectivity index (χ0n) is 9.70. The van der Waals surface area contributed by atoms with Gasteiger partial charge in [0, 0.05) is 4.90 Å². The Labute approximate surface area is 120 Å². The van der Waals surface area contributed by atoms with Crippen LogP contribution in [0.1, 0.15) is 5.56 Å². The highest BCUT2D eigenvalue weighted by Crippen LogP contribution is 2.21. The molecule has 0 spiro atoms. The number of anilines is 1. The van der Waals surface area contributed by atoms with E-state index in [4.69, 9.17) is 5.73 Å². The molecule has 0 aliphatic carbocycles. The number of hydrogen-bond donors (Lipinski definition) is 1. The van der Waals surface area contributed by atoms with Crippen molar-refractivity contribution in [2.45, 2.75) is 10.6 Å². The van der Waals surface area contributed by atoms with Gasteiger partial charge in [-0.15, -0.1) is 0 Å². The van der Waals surface area contributed by atoms with Gasteiger partial charge >= 0.3 is 0 Å². The molecule has 2 N–H and O–H groups in total. The SMILES string of the molecule is Nc1ccc(S(=O)Cc2ccc(F)c(Br)c2)cc1F. The van der Waals surface area contributed by atoms with Gasteiger partial charge in [-0.1, -0.05) is 6.07 Å². The standard InChI is InChI=1S/C13H10BrF2NOS/c14-10-5-8(1-3-11(10)15)7-19(18)9-2-4-13(17)12(16)6-9/h1-6H,7,17H2. The van der Waals surface area contributed by atoms with Crippen LogP contribution in [0.3, 0.4) is 0 Å². The minimum atomic E-state index is -1.41. The van der Waals surface area contributed by atoms with E-state index in [1.807, 2.05) is 0 Å². The molecule has 0 aliphatic rings. The molecule has 19 heavy (non-hydrogen) atoms. The highest BCUT2D eigenvalue weighted by molar-refractivity contribution is 9.10. The van der Waals surface area contributed by atoms with Crippen LogP contribution in [0.15, 0.2) is 45.8 Å². The van der Waals surface area contributed by atoms with Crippen molar-refractivity contribution in [3.05, 3.63) is 58.1 Å². The van der Waals surface area contributed by atoms with Crippen molar-refractivity contribution in [3.8, 4) is 0 Å². The molecule has 0 amide bonds. The first-order chi connectivity index (χ1) is 8.97. The second kappa shape index (κ2) is 5.79. The molecule has 2 aromatic carbocycles. The maximum absolute atomic E-state index is 13.3. The first-order valence-electron chi connectivity index (χ1n) is 5.34. The lowest BCUT2D eigenvalue weighted by molar-refractivity contribution is 0.620. The summed E-state index contributed by atoms with van der Waals surface area (Å²) >= 11 is 3.06. The van der Waals surface area contributed by atoms with Crippen LogP contribution in [-0.4, -0.2) is 4.21 Å². The smallest absolute Gasteiger partial charge is 0.147 e. The van der Waals surface area contributed by atoms with Gasteiger partial charge in [-0.2, -0.15) is 0 Å². The van der Waals surface area contributed by atoms with Crippen LogP contribution in [0.5, 0.6) is 0 Å². The molecule has 0 saturated heterocycles. The molecular formula is C13H10BrF2NOS. The van der Waals surface area contributed by atoms with Crippen molar-refractivity contribution in [2.24, 2.45) is 0 Å². The number of benzene rings is 2.